The van der Waals surface area contributed by atoms with Crippen molar-refractivity contribution in [1.82, 2.24) is 19.5 Å². The Hall–Kier alpha value is -3.08. The molecule has 2 aromatic heterocycles. The molecule has 1 fully saturated rings. The predicted molar refractivity (Wildman–Crippen MR) is 124 cm³/mol. The maximum Gasteiger partial charge on any atom is 0.226 e. The van der Waals surface area contributed by atoms with Crippen LogP contribution in [0.25, 0.3) is 11.2 Å². The van der Waals surface area contributed by atoms with Crippen LogP contribution in [0.3, 0.4) is 0 Å². The Morgan fingerprint density at radius 1 is 1.00 bits per heavy atom. The number of aliphatic hydroxyl groups excluding tert-OH is 3. The molecule has 0 saturated carbocycles. The molecule has 4 heterocycles. The highest BCUT2D eigenvalue weighted by Crippen LogP contribution is 2.43. The van der Waals surface area contributed by atoms with E-state index >= 15 is 0 Å². The van der Waals surface area contributed by atoms with Crippen LogP contribution in [0.5, 0.6) is 0 Å². The predicted octanol–water partition coefficient (Wildman–Crippen LogP) is 2.20. The maximum absolute atomic E-state index is 10.5. The number of hydrogen-bond donors (Lipinski definition) is 3. The van der Waals surface area contributed by atoms with E-state index in [-0.39, 0.29) is 11.3 Å². The molecule has 5 atom stereocenters. The van der Waals surface area contributed by atoms with Crippen molar-refractivity contribution >= 4 is 28.6 Å². The highest BCUT2D eigenvalue weighted by Gasteiger charge is 2.44. The molecule has 0 aliphatic carbocycles. The first kappa shape index (κ1) is 21.5. The van der Waals surface area contributed by atoms with Crippen LogP contribution in [0.4, 0.5) is 5.82 Å². The summed E-state index contributed by atoms with van der Waals surface area (Å²) in [5.41, 5.74) is 4.34. The maximum atomic E-state index is 10.5. The van der Waals surface area contributed by atoms with E-state index in [1.807, 2.05) is 30.3 Å². The standard InChI is InChI=1S/C24H22ClN5O4/c25-24-27-21(17-22(28-24)30(12-26-17)23-20(33)19(32)16(11-31)34-23)29-10-14-8-4-5-9-15(14)18(29)13-6-2-1-3-7-13/h1-9,12,16,18-20,23,31-33H,10-11H2/t16-,18?,19?,20?,23-/m1/s1. The SMILES string of the molecule is OC[C@H]1O[C@@H](n2cnc3c(N4Cc5ccccc5C4c4ccccc4)nc(Cl)nc32)C(O)C1O. The van der Waals surface area contributed by atoms with E-state index in [0.29, 0.717) is 23.5 Å². The molecule has 1 saturated heterocycles. The van der Waals surface area contributed by atoms with Crippen molar-refractivity contribution in [2.45, 2.75) is 37.1 Å². The van der Waals surface area contributed by atoms with E-state index in [1.54, 1.807) is 0 Å². The van der Waals surface area contributed by atoms with E-state index in [1.165, 1.54) is 22.0 Å². The second-order valence-corrected chi connectivity index (χ2v) is 8.85. The Labute approximate surface area is 199 Å². The number of ether oxygens (including phenoxy) is 1. The van der Waals surface area contributed by atoms with Crippen LogP contribution in [0.2, 0.25) is 5.28 Å². The monoisotopic (exact) mass is 479 g/mol. The summed E-state index contributed by atoms with van der Waals surface area (Å²) in [6.07, 6.45) is -2.90. The molecule has 3 N–H and O–H groups in total. The van der Waals surface area contributed by atoms with Gasteiger partial charge in [0.15, 0.2) is 23.2 Å². The Bertz CT molecular complexity index is 1350. The van der Waals surface area contributed by atoms with Gasteiger partial charge in [-0.15, -0.1) is 0 Å². The van der Waals surface area contributed by atoms with Crippen LogP contribution >= 0.6 is 11.6 Å². The molecule has 2 aliphatic rings. The summed E-state index contributed by atoms with van der Waals surface area (Å²) in [5.74, 6) is 0.561. The summed E-state index contributed by atoms with van der Waals surface area (Å²) in [6.45, 7) is 0.187. The average molecular weight is 480 g/mol. The number of benzene rings is 2. The lowest BCUT2D eigenvalue weighted by Gasteiger charge is -2.27. The van der Waals surface area contributed by atoms with E-state index < -0.39 is 31.1 Å². The highest BCUT2D eigenvalue weighted by molar-refractivity contribution is 6.28. The molecular formula is C24H22ClN5O4. The molecule has 6 rings (SSSR count). The summed E-state index contributed by atoms with van der Waals surface area (Å²) in [4.78, 5) is 15.6. The number of aromatic nitrogens is 4. The molecular weight excluding hydrogens is 458 g/mol. The van der Waals surface area contributed by atoms with Crippen molar-refractivity contribution in [3.8, 4) is 0 Å². The highest BCUT2D eigenvalue weighted by atomic mass is 35.5. The number of nitrogens with zero attached hydrogens (tertiary/aromatic N) is 5. The van der Waals surface area contributed by atoms with Gasteiger partial charge in [-0.1, -0.05) is 54.6 Å². The van der Waals surface area contributed by atoms with Gasteiger partial charge >= 0.3 is 0 Å². The van der Waals surface area contributed by atoms with E-state index in [2.05, 4.69) is 44.1 Å². The fraction of sp³-hybridized carbons (Fsp3) is 0.292. The number of fused-ring (bicyclic) bond motifs is 2. The van der Waals surface area contributed by atoms with Gasteiger partial charge in [0.05, 0.1) is 19.0 Å². The number of hydrogen-bond acceptors (Lipinski definition) is 8. The quantitative estimate of drug-likeness (QED) is 0.381. The lowest BCUT2D eigenvalue weighted by atomic mass is 9.98. The second kappa shape index (κ2) is 8.30. The fourth-order valence-electron chi connectivity index (χ4n) is 4.95. The molecule has 10 heteroatoms. The Kier molecular flexibility index (Phi) is 5.23. The third kappa shape index (κ3) is 3.28. The lowest BCUT2D eigenvalue weighted by molar-refractivity contribution is -0.0511. The van der Waals surface area contributed by atoms with Gasteiger partial charge in [-0.25, -0.2) is 4.98 Å². The van der Waals surface area contributed by atoms with Gasteiger partial charge in [0.1, 0.15) is 18.3 Å². The number of rotatable bonds is 4. The smallest absolute Gasteiger partial charge is 0.226 e. The molecule has 0 amide bonds. The third-order valence-corrected chi connectivity index (χ3v) is 6.73. The van der Waals surface area contributed by atoms with E-state index in [4.69, 9.17) is 16.3 Å². The van der Waals surface area contributed by atoms with Crippen LogP contribution < -0.4 is 4.90 Å². The Morgan fingerprint density at radius 3 is 2.53 bits per heavy atom. The van der Waals surface area contributed by atoms with Crippen LogP contribution in [0, 0.1) is 0 Å². The zero-order valence-electron chi connectivity index (χ0n) is 17.9. The fourth-order valence-corrected chi connectivity index (χ4v) is 5.11. The molecule has 34 heavy (non-hydrogen) atoms. The minimum absolute atomic E-state index is 0.0266. The van der Waals surface area contributed by atoms with Gasteiger partial charge in [0, 0.05) is 6.54 Å². The molecule has 2 aromatic carbocycles. The number of anilines is 1. The van der Waals surface area contributed by atoms with Gasteiger partial charge in [-0.3, -0.25) is 4.57 Å². The summed E-state index contributed by atoms with van der Waals surface area (Å²) >= 11 is 6.38. The average Bonchev–Trinajstić information content (AvgIpc) is 3.53. The van der Waals surface area contributed by atoms with Gasteiger partial charge < -0.3 is 25.0 Å². The Balaban J connectivity index is 1.48. The van der Waals surface area contributed by atoms with Crippen LogP contribution in [-0.4, -0.2) is 59.8 Å². The van der Waals surface area contributed by atoms with Crippen molar-refractivity contribution < 1.29 is 20.1 Å². The summed E-state index contributed by atoms with van der Waals surface area (Å²) in [7, 11) is 0. The molecule has 9 nitrogen and oxygen atoms in total. The van der Waals surface area contributed by atoms with Crippen LogP contribution in [0.15, 0.2) is 60.9 Å². The largest absolute Gasteiger partial charge is 0.394 e. The second-order valence-electron chi connectivity index (χ2n) is 8.51. The summed E-state index contributed by atoms with van der Waals surface area (Å²) in [5, 5.41) is 30.2. The molecule has 0 bridgehead atoms. The van der Waals surface area contributed by atoms with E-state index in [0.717, 1.165) is 5.56 Å². The zero-order valence-corrected chi connectivity index (χ0v) is 18.7. The van der Waals surface area contributed by atoms with Crippen molar-refractivity contribution in [3.63, 3.8) is 0 Å². The van der Waals surface area contributed by atoms with Crippen LogP contribution in [-0.2, 0) is 11.3 Å². The Morgan fingerprint density at radius 2 is 1.76 bits per heavy atom. The van der Waals surface area contributed by atoms with Crippen molar-refractivity contribution in [2.75, 3.05) is 11.5 Å². The van der Waals surface area contributed by atoms with Gasteiger partial charge in [0.25, 0.3) is 0 Å². The number of halogens is 1. The van der Waals surface area contributed by atoms with Gasteiger partial charge in [-0.2, -0.15) is 9.97 Å². The van der Waals surface area contributed by atoms with Gasteiger partial charge in [0.2, 0.25) is 5.28 Å². The minimum atomic E-state index is -1.26. The summed E-state index contributed by atoms with van der Waals surface area (Å²) in [6, 6.07) is 18.3. The van der Waals surface area contributed by atoms with Crippen LogP contribution in [0.1, 0.15) is 29.0 Å². The first-order chi connectivity index (χ1) is 16.6. The normalized spacial score (nSPS) is 26.4. The molecule has 2 aliphatic heterocycles. The molecule has 0 spiro atoms. The lowest BCUT2D eigenvalue weighted by Crippen LogP contribution is -2.33. The first-order valence-corrected chi connectivity index (χ1v) is 11.4. The first-order valence-electron chi connectivity index (χ1n) is 11.0. The molecule has 4 aromatic rings. The topological polar surface area (TPSA) is 117 Å². The summed E-state index contributed by atoms with van der Waals surface area (Å²) < 4.78 is 7.21. The molecule has 3 unspecified atom stereocenters. The third-order valence-electron chi connectivity index (χ3n) is 6.56. The number of aliphatic hydroxyl groups is 3. The molecule has 0 radical (unpaired) electrons. The van der Waals surface area contributed by atoms with Crippen molar-refractivity contribution in [1.29, 1.82) is 0 Å². The van der Waals surface area contributed by atoms with E-state index in [9.17, 15) is 15.3 Å². The zero-order chi connectivity index (χ0) is 23.4. The molecule has 174 valence electrons. The minimum Gasteiger partial charge on any atom is -0.394 e. The van der Waals surface area contributed by atoms with Crippen molar-refractivity contribution in [3.05, 3.63) is 82.9 Å². The number of imidazole rings is 1. The van der Waals surface area contributed by atoms with Gasteiger partial charge in [-0.05, 0) is 28.3 Å². The van der Waals surface area contributed by atoms with Crippen molar-refractivity contribution in [2.24, 2.45) is 0 Å².